The van der Waals surface area contributed by atoms with Crippen molar-refractivity contribution in [2.24, 2.45) is 5.92 Å². The zero-order valence-corrected chi connectivity index (χ0v) is 21.3. The number of ether oxygens (including phenoxy) is 3. The number of allylic oxidation sites excluding steroid dienone is 3. The molecule has 1 aliphatic heterocycles. The van der Waals surface area contributed by atoms with E-state index in [-0.39, 0.29) is 23.9 Å². The monoisotopic (exact) mass is 492 g/mol. The fraction of sp³-hybridized carbons (Fsp3) is 0.379. The highest BCUT2D eigenvalue weighted by Crippen LogP contribution is 2.33. The normalized spacial score (nSPS) is 23.6. The molecule has 2 aromatic rings. The lowest BCUT2D eigenvalue weighted by atomic mass is 9.96. The summed E-state index contributed by atoms with van der Waals surface area (Å²) < 4.78 is 17.8. The third kappa shape index (κ3) is 6.86. The molecule has 4 rings (SSSR count). The van der Waals surface area contributed by atoms with Crippen molar-refractivity contribution in [3.05, 3.63) is 94.6 Å². The molecule has 184 valence electrons. The van der Waals surface area contributed by atoms with Gasteiger partial charge in [-0.3, -0.25) is 0 Å². The van der Waals surface area contributed by atoms with Gasteiger partial charge >= 0.3 is 11.9 Å². The van der Waals surface area contributed by atoms with Gasteiger partial charge in [-0.25, -0.2) is 9.59 Å². The minimum absolute atomic E-state index is 0.144. The van der Waals surface area contributed by atoms with Gasteiger partial charge < -0.3 is 14.2 Å². The van der Waals surface area contributed by atoms with Gasteiger partial charge in [0.2, 0.25) is 0 Å². The zero-order valence-electron chi connectivity index (χ0n) is 20.4. The number of benzene rings is 2. The average Bonchev–Trinajstić information content (AvgIpc) is 3.23. The smallest absolute Gasteiger partial charge is 0.338 e. The Morgan fingerprint density at radius 2 is 1.57 bits per heavy atom. The molecule has 0 N–H and O–H groups in total. The van der Waals surface area contributed by atoms with E-state index in [1.807, 2.05) is 38.1 Å². The summed E-state index contributed by atoms with van der Waals surface area (Å²) in [6.45, 7) is 6.76. The van der Waals surface area contributed by atoms with Crippen molar-refractivity contribution in [2.45, 2.75) is 44.6 Å². The van der Waals surface area contributed by atoms with E-state index in [4.69, 9.17) is 14.2 Å². The maximum atomic E-state index is 12.9. The minimum Gasteiger partial charge on any atom is -0.461 e. The highest BCUT2D eigenvalue weighted by Gasteiger charge is 2.41. The van der Waals surface area contributed by atoms with E-state index < -0.39 is 12.1 Å². The number of rotatable bonds is 8. The van der Waals surface area contributed by atoms with Gasteiger partial charge in [-0.1, -0.05) is 60.5 Å². The lowest BCUT2D eigenvalue weighted by molar-refractivity contribution is -0.0378. The first-order valence-electron chi connectivity index (χ1n) is 12.0. The molecule has 1 aliphatic carbocycles. The van der Waals surface area contributed by atoms with Crippen LogP contribution in [-0.4, -0.2) is 48.4 Å². The lowest BCUT2D eigenvalue weighted by Gasteiger charge is -2.25. The largest absolute Gasteiger partial charge is 0.461 e. The molecule has 2 aromatic carbocycles. The first-order valence-corrected chi connectivity index (χ1v) is 13.0. The second-order valence-electron chi connectivity index (χ2n) is 9.31. The summed E-state index contributed by atoms with van der Waals surface area (Å²) in [4.78, 5) is 25.5. The van der Waals surface area contributed by atoms with Crippen LogP contribution in [-0.2, 0) is 14.2 Å². The van der Waals surface area contributed by atoms with Crippen LogP contribution >= 0.6 is 11.8 Å². The van der Waals surface area contributed by atoms with Gasteiger partial charge in [0, 0.05) is 5.75 Å². The Labute approximate surface area is 211 Å². The van der Waals surface area contributed by atoms with Gasteiger partial charge in [0.25, 0.3) is 0 Å². The highest BCUT2D eigenvalue weighted by molar-refractivity contribution is 8.00. The van der Waals surface area contributed by atoms with E-state index in [9.17, 15) is 9.59 Å². The van der Waals surface area contributed by atoms with E-state index >= 15 is 0 Å². The van der Waals surface area contributed by atoms with Crippen molar-refractivity contribution >= 4 is 23.7 Å². The molecule has 0 radical (unpaired) electrons. The van der Waals surface area contributed by atoms with Crippen molar-refractivity contribution in [3.63, 3.8) is 0 Å². The minimum atomic E-state index is -0.517. The molecule has 0 amide bonds. The van der Waals surface area contributed by atoms with Crippen molar-refractivity contribution in [2.75, 3.05) is 19.0 Å². The summed E-state index contributed by atoms with van der Waals surface area (Å²) in [5.74, 6) is 0.374. The van der Waals surface area contributed by atoms with Gasteiger partial charge in [0.05, 0.1) is 23.0 Å². The van der Waals surface area contributed by atoms with Crippen LogP contribution in [0.15, 0.2) is 72.3 Å². The number of esters is 2. The third-order valence-corrected chi connectivity index (χ3v) is 7.60. The topological polar surface area (TPSA) is 61.8 Å². The molecule has 0 bridgehead atoms. The summed E-state index contributed by atoms with van der Waals surface area (Å²) in [6.07, 6.45) is 6.51. The van der Waals surface area contributed by atoms with Gasteiger partial charge in [-0.15, -0.1) is 11.8 Å². The van der Waals surface area contributed by atoms with Gasteiger partial charge in [-0.2, -0.15) is 0 Å². The van der Waals surface area contributed by atoms with Crippen molar-refractivity contribution < 1.29 is 23.8 Å². The maximum Gasteiger partial charge on any atom is 0.338 e. The summed E-state index contributed by atoms with van der Waals surface area (Å²) in [7, 11) is 0. The Bertz CT molecular complexity index is 1090. The van der Waals surface area contributed by atoms with Crippen molar-refractivity contribution in [3.8, 4) is 0 Å². The molecular formula is C29H32O5S. The van der Waals surface area contributed by atoms with Crippen LogP contribution in [0.1, 0.15) is 45.2 Å². The first kappa shape index (κ1) is 25.3. The van der Waals surface area contributed by atoms with Crippen molar-refractivity contribution in [1.82, 2.24) is 0 Å². The number of thioether (sulfide) groups is 1. The predicted octanol–water partition coefficient (Wildman–Crippen LogP) is 5.71. The van der Waals surface area contributed by atoms with Crippen LogP contribution in [0, 0.1) is 19.8 Å². The Balaban J connectivity index is 1.42. The summed E-state index contributed by atoms with van der Waals surface area (Å²) in [5, 5.41) is -0.206. The number of hydrogen-bond donors (Lipinski definition) is 0. The molecule has 5 nitrogen and oxygen atoms in total. The van der Waals surface area contributed by atoms with Crippen LogP contribution in [0.25, 0.3) is 0 Å². The molecule has 1 heterocycles. The second kappa shape index (κ2) is 11.7. The summed E-state index contributed by atoms with van der Waals surface area (Å²) in [5.41, 5.74) is 4.38. The number of carbonyl (C=O) groups is 2. The van der Waals surface area contributed by atoms with E-state index in [1.54, 1.807) is 36.0 Å². The Hall–Kier alpha value is -2.83. The Morgan fingerprint density at radius 3 is 2.20 bits per heavy atom. The van der Waals surface area contributed by atoms with Crippen LogP contribution in [0.3, 0.4) is 0 Å². The maximum absolute atomic E-state index is 12.9. The SMILES string of the molecule is Cc1ccc(C(=O)OC[C@@H]2SC[C@H](OCC3=CC=CC(C)C3)[C@H]2OC(=O)c2ccc(C)cc2)cc1. The molecule has 35 heavy (non-hydrogen) atoms. The van der Waals surface area contributed by atoms with Crippen LogP contribution in [0.5, 0.6) is 0 Å². The third-order valence-electron chi connectivity index (χ3n) is 6.24. The summed E-state index contributed by atoms with van der Waals surface area (Å²) in [6, 6.07) is 14.6. The summed E-state index contributed by atoms with van der Waals surface area (Å²) >= 11 is 1.61. The molecule has 1 saturated heterocycles. The Kier molecular flexibility index (Phi) is 8.47. The fourth-order valence-corrected chi connectivity index (χ4v) is 5.46. The molecular weight excluding hydrogens is 460 g/mol. The fourth-order valence-electron chi connectivity index (χ4n) is 4.15. The van der Waals surface area contributed by atoms with Gasteiger partial charge in [0.15, 0.2) is 0 Å². The molecule has 1 unspecified atom stereocenters. The van der Waals surface area contributed by atoms with Crippen LogP contribution in [0.4, 0.5) is 0 Å². The second-order valence-corrected chi connectivity index (χ2v) is 10.6. The standard InChI is InChI=1S/C29H32O5S/c1-19-7-11-23(12-8-19)28(30)33-17-26-27(34-29(31)24-13-9-20(2)10-14-24)25(18-35-26)32-16-22-6-4-5-21(3)15-22/h4-14,21,25-27H,15-18H2,1-3H3/t21?,25-,26-,27+/m0/s1. The van der Waals surface area contributed by atoms with E-state index in [1.165, 1.54) is 5.57 Å². The predicted molar refractivity (Wildman–Crippen MR) is 139 cm³/mol. The van der Waals surface area contributed by atoms with E-state index in [0.29, 0.717) is 29.4 Å². The molecule has 6 heteroatoms. The van der Waals surface area contributed by atoms with Gasteiger partial charge in [0.1, 0.15) is 18.8 Å². The number of hydrogen-bond acceptors (Lipinski definition) is 6. The number of carbonyl (C=O) groups excluding carboxylic acids is 2. The quantitative estimate of drug-likeness (QED) is 0.440. The zero-order chi connectivity index (χ0) is 24.8. The first-order chi connectivity index (χ1) is 16.9. The molecule has 2 aliphatic rings. The average molecular weight is 493 g/mol. The van der Waals surface area contributed by atoms with E-state index in [0.717, 1.165) is 17.5 Å². The molecule has 4 atom stereocenters. The molecule has 1 fully saturated rings. The van der Waals surface area contributed by atoms with Crippen LogP contribution < -0.4 is 0 Å². The van der Waals surface area contributed by atoms with Crippen molar-refractivity contribution in [1.29, 1.82) is 0 Å². The molecule has 0 aromatic heterocycles. The molecule has 0 spiro atoms. The highest BCUT2D eigenvalue weighted by atomic mass is 32.2. The lowest BCUT2D eigenvalue weighted by Crippen LogP contribution is -2.39. The van der Waals surface area contributed by atoms with Gasteiger partial charge in [-0.05, 0) is 56.0 Å². The number of aryl methyl sites for hydroxylation is 2. The van der Waals surface area contributed by atoms with E-state index in [2.05, 4.69) is 25.2 Å². The molecule has 0 saturated carbocycles. The van der Waals surface area contributed by atoms with Crippen LogP contribution in [0.2, 0.25) is 0 Å². The Morgan fingerprint density at radius 1 is 0.943 bits per heavy atom.